The molecule has 0 spiro atoms. The van der Waals surface area contributed by atoms with Crippen LogP contribution in [0.2, 0.25) is 0 Å². The van der Waals surface area contributed by atoms with Gasteiger partial charge < -0.3 is 9.47 Å². The van der Waals surface area contributed by atoms with Gasteiger partial charge in [-0.2, -0.15) is 0 Å². The Morgan fingerprint density at radius 3 is 2.52 bits per heavy atom. The first kappa shape index (κ1) is 21.3. The average Bonchev–Trinajstić information content (AvgIpc) is 2.89. The Morgan fingerprint density at radius 1 is 0.968 bits per heavy atom. The fourth-order valence-electron chi connectivity index (χ4n) is 3.72. The topological polar surface area (TPSA) is 64.6 Å². The molecule has 0 aliphatic carbocycles. The molecular formula is C24H23NO4S2. The van der Waals surface area contributed by atoms with Crippen molar-refractivity contribution in [2.45, 2.75) is 10.6 Å². The predicted molar refractivity (Wildman–Crippen MR) is 127 cm³/mol. The van der Waals surface area contributed by atoms with E-state index >= 15 is 0 Å². The molecule has 7 heteroatoms. The lowest BCUT2D eigenvalue weighted by atomic mass is 9.92. The van der Waals surface area contributed by atoms with E-state index in [4.69, 9.17) is 9.47 Å². The maximum Gasteiger partial charge on any atom is 0.229 e. The number of fused-ring (bicyclic) bond motifs is 2. The zero-order valence-corrected chi connectivity index (χ0v) is 19.1. The van der Waals surface area contributed by atoms with Crippen molar-refractivity contribution in [2.24, 2.45) is 0 Å². The third-order valence-corrected chi connectivity index (χ3v) is 6.70. The summed E-state index contributed by atoms with van der Waals surface area (Å²) in [6.45, 7) is 0. The van der Waals surface area contributed by atoms with Gasteiger partial charge in [0.05, 0.1) is 20.5 Å². The Bertz CT molecular complexity index is 1270. The number of thioether (sulfide) groups is 1. The maximum absolute atomic E-state index is 11.7. The molecule has 3 aromatic rings. The van der Waals surface area contributed by atoms with E-state index in [9.17, 15) is 8.42 Å². The van der Waals surface area contributed by atoms with Crippen LogP contribution in [0.15, 0.2) is 65.6 Å². The van der Waals surface area contributed by atoms with E-state index in [2.05, 4.69) is 29.0 Å². The van der Waals surface area contributed by atoms with Crippen molar-refractivity contribution in [3.63, 3.8) is 0 Å². The number of sulfonamides is 1. The number of hydrogen-bond acceptors (Lipinski definition) is 5. The normalized spacial score (nSPS) is 14.4. The highest BCUT2D eigenvalue weighted by Crippen LogP contribution is 2.46. The van der Waals surface area contributed by atoms with Gasteiger partial charge in [0.25, 0.3) is 0 Å². The first-order chi connectivity index (χ1) is 14.9. The lowest BCUT2D eigenvalue weighted by Gasteiger charge is -2.17. The van der Waals surface area contributed by atoms with Gasteiger partial charge in [-0.3, -0.25) is 4.72 Å². The van der Waals surface area contributed by atoms with Crippen LogP contribution < -0.4 is 14.2 Å². The summed E-state index contributed by atoms with van der Waals surface area (Å²) >= 11 is 1.76. The predicted octanol–water partition coefficient (Wildman–Crippen LogP) is 5.27. The SMILES string of the molecule is COc1ccc2c(c1OC)CSc1ccccc1C2=Cc1cccc(NS(C)(=O)=O)c1. The Kier molecular flexibility index (Phi) is 5.98. The second-order valence-electron chi connectivity index (χ2n) is 7.17. The average molecular weight is 454 g/mol. The number of rotatable bonds is 5. The van der Waals surface area contributed by atoms with E-state index in [0.29, 0.717) is 11.4 Å². The van der Waals surface area contributed by atoms with Gasteiger partial charge in [-0.25, -0.2) is 8.42 Å². The van der Waals surface area contributed by atoms with Gasteiger partial charge in [0.15, 0.2) is 11.5 Å². The summed E-state index contributed by atoms with van der Waals surface area (Å²) in [5.74, 6) is 2.19. The van der Waals surface area contributed by atoms with Crippen LogP contribution in [0.3, 0.4) is 0 Å². The molecule has 0 bridgehead atoms. The molecule has 1 aliphatic heterocycles. The Balaban J connectivity index is 1.92. The fourth-order valence-corrected chi connectivity index (χ4v) is 5.37. The standard InChI is InChI=1S/C24H23NO4S2/c1-28-22-12-11-18-20(14-16-7-6-8-17(13-16)25-31(3,26)27)19-9-4-5-10-23(19)30-15-21(18)24(22)29-2/h4-14,25H,15H2,1-3H3. The number of anilines is 1. The summed E-state index contributed by atoms with van der Waals surface area (Å²) in [5.41, 5.74) is 5.73. The molecule has 5 nitrogen and oxygen atoms in total. The molecule has 31 heavy (non-hydrogen) atoms. The molecule has 0 saturated carbocycles. The third-order valence-electron chi connectivity index (χ3n) is 4.99. The van der Waals surface area contributed by atoms with Crippen molar-refractivity contribution in [1.82, 2.24) is 0 Å². The molecule has 0 amide bonds. The Morgan fingerprint density at radius 2 is 1.77 bits per heavy atom. The zero-order chi connectivity index (χ0) is 22.0. The van der Waals surface area contributed by atoms with Crippen LogP contribution in [-0.2, 0) is 15.8 Å². The number of nitrogens with one attached hydrogen (secondary N) is 1. The minimum Gasteiger partial charge on any atom is -0.493 e. The molecule has 0 saturated heterocycles. The van der Waals surface area contributed by atoms with Crippen LogP contribution in [0.25, 0.3) is 11.6 Å². The van der Waals surface area contributed by atoms with Crippen molar-refractivity contribution in [3.05, 3.63) is 82.9 Å². The van der Waals surface area contributed by atoms with Crippen LogP contribution in [0.1, 0.15) is 22.3 Å². The third kappa shape index (κ3) is 4.57. The van der Waals surface area contributed by atoms with E-state index < -0.39 is 10.0 Å². The van der Waals surface area contributed by atoms with E-state index in [1.165, 1.54) is 4.90 Å². The Labute approximate surface area is 187 Å². The fraction of sp³-hybridized carbons (Fsp3) is 0.167. The number of ether oxygens (including phenoxy) is 2. The van der Waals surface area contributed by atoms with Gasteiger partial charge in [0.2, 0.25) is 10.0 Å². The molecule has 1 aliphatic rings. The zero-order valence-electron chi connectivity index (χ0n) is 17.5. The van der Waals surface area contributed by atoms with Crippen LogP contribution >= 0.6 is 11.8 Å². The van der Waals surface area contributed by atoms with E-state index in [0.717, 1.165) is 45.6 Å². The number of methoxy groups -OCH3 is 2. The molecule has 1 heterocycles. The van der Waals surface area contributed by atoms with Gasteiger partial charge in [-0.1, -0.05) is 36.4 Å². The van der Waals surface area contributed by atoms with E-state index in [1.807, 2.05) is 36.4 Å². The van der Waals surface area contributed by atoms with Gasteiger partial charge >= 0.3 is 0 Å². The van der Waals surface area contributed by atoms with Gasteiger partial charge in [-0.05, 0) is 52.6 Å². The van der Waals surface area contributed by atoms with E-state index in [-0.39, 0.29) is 0 Å². The lowest BCUT2D eigenvalue weighted by molar-refractivity contribution is 0.352. The van der Waals surface area contributed by atoms with Crippen molar-refractivity contribution < 1.29 is 17.9 Å². The first-order valence-corrected chi connectivity index (χ1v) is 12.5. The highest BCUT2D eigenvalue weighted by Gasteiger charge is 2.23. The quantitative estimate of drug-likeness (QED) is 0.570. The molecule has 160 valence electrons. The summed E-state index contributed by atoms with van der Waals surface area (Å²) in [4.78, 5) is 1.18. The van der Waals surface area contributed by atoms with Crippen LogP contribution in [0, 0.1) is 0 Å². The second kappa shape index (κ2) is 8.69. The summed E-state index contributed by atoms with van der Waals surface area (Å²) in [6.07, 6.45) is 3.23. The monoisotopic (exact) mass is 453 g/mol. The lowest BCUT2D eigenvalue weighted by Crippen LogP contribution is -2.09. The molecule has 3 aromatic carbocycles. The van der Waals surface area contributed by atoms with Crippen molar-refractivity contribution >= 4 is 39.1 Å². The first-order valence-electron chi connectivity index (χ1n) is 9.65. The molecule has 1 N–H and O–H groups in total. The Hall–Kier alpha value is -2.90. The van der Waals surface area contributed by atoms with Crippen LogP contribution in [-0.4, -0.2) is 28.9 Å². The highest BCUT2D eigenvalue weighted by atomic mass is 32.2. The van der Waals surface area contributed by atoms with Crippen molar-refractivity contribution in [1.29, 1.82) is 0 Å². The smallest absolute Gasteiger partial charge is 0.229 e. The number of benzene rings is 3. The van der Waals surface area contributed by atoms with Gasteiger partial charge in [0.1, 0.15) is 0 Å². The summed E-state index contributed by atoms with van der Waals surface area (Å²) in [6, 6.07) is 19.6. The molecule has 0 aromatic heterocycles. The number of hydrogen-bond donors (Lipinski definition) is 1. The summed E-state index contributed by atoms with van der Waals surface area (Å²) in [7, 11) is -0.0553. The molecule has 4 rings (SSSR count). The summed E-state index contributed by atoms with van der Waals surface area (Å²) < 4.78 is 37.1. The minimum atomic E-state index is -3.35. The van der Waals surface area contributed by atoms with Gasteiger partial charge in [0, 0.05) is 21.9 Å². The molecule has 0 radical (unpaired) electrons. The summed E-state index contributed by atoms with van der Waals surface area (Å²) in [5, 5.41) is 0. The highest BCUT2D eigenvalue weighted by molar-refractivity contribution is 7.98. The molecule has 0 fully saturated rings. The minimum absolute atomic E-state index is 0.528. The maximum atomic E-state index is 11.7. The van der Waals surface area contributed by atoms with E-state index in [1.54, 1.807) is 32.0 Å². The van der Waals surface area contributed by atoms with Crippen molar-refractivity contribution in [2.75, 3.05) is 25.2 Å². The molecular weight excluding hydrogens is 430 g/mol. The van der Waals surface area contributed by atoms with Crippen LogP contribution in [0.5, 0.6) is 11.5 Å². The largest absolute Gasteiger partial charge is 0.493 e. The van der Waals surface area contributed by atoms with Gasteiger partial charge in [-0.15, -0.1) is 11.8 Å². The molecule has 0 atom stereocenters. The van der Waals surface area contributed by atoms with Crippen LogP contribution in [0.4, 0.5) is 5.69 Å². The molecule has 0 unspecified atom stereocenters. The van der Waals surface area contributed by atoms with Crippen molar-refractivity contribution in [3.8, 4) is 11.5 Å². The second-order valence-corrected chi connectivity index (χ2v) is 9.94.